The van der Waals surface area contributed by atoms with Gasteiger partial charge in [0.25, 0.3) is 0 Å². The summed E-state index contributed by atoms with van der Waals surface area (Å²) in [5.74, 6) is 0.0737. The van der Waals surface area contributed by atoms with Crippen molar-refractivity contribution in [2.45, 2.75) is 6.61 Å². The number of nitrogens with one attached hydrogen (secondary N) is 1. The quantitative estimate of drug-likeness (QED) is 0.616. The van der Waals surface area contributed by atoms with E-state index < -0.39 is 5.76 Å². The number of aromatic amines is 1. The van der Waals surface area contributed by atoms with E-state index in [0.29, 0.717) is 12.4 Å². The molecule has 4 nitrogen and oxygen atoms in total. The van der Waals surface area contributed by atoms with Crippen LogP contribution in [0.2, 0.25) is 0 Å². The molecule has 0 fully saturated rings. The fraction of sp³-hybridized carbons (Fsp3) is 0.400. The lowest BCUT2D eigenvalue weighted by molar-refractivity contribution is 0.162. The smallest absolute Gasteiger partial charge is 0.411 e. The fourth-order valence-electron chi connectivity index (χ4n) is 0.531. The largest absolute Gasteiger partial charge is 0.416 e. The first-order chi connectivity index (χ1) is 4.33. The van der Waals surface area contributed by atoms with E-state index in [0.717, 1.165) is 0 Å². The second kappa shape index (κ2) is 2.50. The zero-order chi connectivity index (χ0) is 6.69. The third-order valence-electron chi connectivity index (χ3n) is 0.861. The Morgan fingerprint density at radius 2 is 2.67 bits per heavy atom. The lowest BCUT2D eigenvalue weighted by Crippen LogP contribution is -1.93. The van der Waals surface area contributed by atoms with E-state index in [1.165, 1.54) is 13.3 Å². The van der Waals surface area contributed by atoms with E-state index >= 15 is 0 Å². The lowest BCUT2D eigenvalue weighted by Gasteiger charge is -1.87. The van der Waals surface area contributed by atoms with Gasteiger partial charge in [0.15, 0.2) is 5.76 Å². The first-order valence-corrected chi connectivity index (χ1v) is 2.49. The molecule has 50 valence electrons. The summed E-state index contributed by atoms with van der Waals surface area (Å²) in [6, 6.07) is 0. The van der Waals surface area contributed by atoms with Crippen LogP contribution in [0.25, 0.3) is 0 Å². The van der Waals surface area contributed by atoms with Crippen molar-refractivity contribution >= 4 is 0 Å². The van der Waals surface area contributed by atoms with E-state index in [-0.39, 0.29) is 0 Å². The molecule has 1 rings (SSSR count). The minimum absolute atomic E-state index is 0.332. The molecular weight excluding hydrogens is 122 g/mol. The Bertz CT molecular complexity index is 224. The number of methoxy groups -OCH3 is 1. The Hall–Kier alpha value is -1.03. The minimum atomic E-state index is -0.443. The molecule has 0 aliphatic heterocycles. The Morgan fingerprint density at radius 1 is 1.89 bits per heavy atom. The molecular formula is C5H7NO3. The van der Waals surface area contributed by atoms with Crippen LogP contribution < -0.4 is 5.76 Å². The number of hydrogen-bond acceptors (Lipinski definition) is 3. The molecule has 0 aliphatic rings. The summed E-state index contributed by atoms with van der Waals surface area (Å²) in [6.07, 6.45) is 1.48. The molecule has 0 aromatic carbocycles. The molecule has 1 N–H and O–H groups in total. The summed E-state index contributed by atoms with van der Waals surface area (Å²) >= 11 is 0. The predicted octanol–water partition coefficient (Wildman–Crippen LogP) is 0.114. The molecule has 0 saturated heterocycles. The molecule has 0 aliphatic carbocycles. The number of hydrogen-bond donors (Lipinski definition) is 1. The average Bonchev–Trinajstić information content (AvgIpc) is 2.17. The van der Waals surface area contributed by atoms with Gasteiger partial charge in [-0.1, -0.05) is 0 Å². The molecule has 0 amide bonds. The maximum atomic E-state index is 10.3. The van der Waals surface area contributed by atoms with Gasteiger partial charge in [-0.15, -0.1) is 0 Å². The number of ether oxygens (including phenoxy) is 1. The molecule has 0 spiro atoms. The molecule has 9 heavy (non-hydrogen) atoms. The molecule has 0 unspecified atom stereocenters. The van der Waals surface area contributed by atoms with Crippen LogP contribution in [0.15, 0.2) is 15.4 Å². The first-order valence-electron chi connectivity index (χ1n) is 2.49. The van der Waals surface area contributed by atoms with Crippen molar-refractivity contribution in [1.82, 2.24) is 4.98 Å². The van der Waals surface area contributed by atoms with Crippen LogP contribution in [0, 0.1) is 0 Å². The second-order valence-corrected chi connectivity index (χ2v) is 1.58. The van der Waals surface area contributed by atoms with E-state index in [4.69, 9.17) is 0 Å². The molecule has 0 radical (unpaired) electrons. The third-order valence-corrected chi connectivity index (χ3v) is 0.861. The normalized spacial score (nSPS) is 9.89. The number of H-pyrrole nitrogens is 1. The van der Waals surface area contributed by atoms with Crippen molar-refractivity contribution in [3.8, 4) is 0 Å². The maximum Gasteiger partial charge on any atom is 0.416 e. The molecule has 1 aromatic rings. The van der Waals surface area contributed by atoms with Crippen LogP contribution in [0.4, 0.5) is 0 Å². The number of aromatic nitrogens is 1. The van der Waals surface area contributed by atoms with Crippen LogP contribution in [-0.4, -0.2) is 12.1 Å². The Labute approximate surface area is 51.5 Å². The standard InChI is InChI=1S/C5H7NO3/c1-8-3-4-2-6-5(7)9-4/h2H,3H2,1H3,(H,6,7). The van der Waals surface area contributed by atoms with Gasteiger partial charge in [0.05, 0.1) is 0 Å². The first kappa shape index (κ1) is 6.10. The second-order valence-electron chi connectivity index (χ2n) is 1.58. The van der Waals surface area contributed by atoms with Crippen molar-refractivity contribution in [1.29, 1.82) is 0 Å². The van der Waals surface area contributed by atoms with Gasteiger partial charge in [-0.05, 0) is 0 Å². The van der Waals surface area contributed by atoms with Crippen molar-refractivity contribution < 1.29 is 9.15 Å². The van der Waals surface area contributed by atoms with E-state index in [9.17, 15) is 4.79 Å². The van der Waals surface area contributed by atoms with Crippen LogP contribution in [0.3, 0.4) is 0 Å². The van der Waals surface area contributed by atoms with E-state index in [1.54, 1.807) is 0 Å². The topological polar surface area (TPSA) is 55.2 Å². The third kappa shape index (κ3) is 1.43. The van der Waals surface area contributed by atoms with Gasteiger partial charge >= 0.3 is 5.76 Å². The molecule has 0 atom stereocenters. The summed E-state index contributed by atoms with van der Waals surface area (Å²) in [5, 5.41) is 0. The summed E-state index contributed by atoms with van der Waals surface area (Å²) in [4.78, 5) is 12.6. The molecule has 1 aromatic heterocycles. The van der Waals surface area contributed by atoms with Crippen LogP contribution in [-0.2, 0) is 11.3 Å². The maximum absolute atomic E-state index is 10.3. The average molecular weight is 129 g/mol. The fourth-order valence-corrected chi connectivity index (χ4v) is 0.531. The van der Waals surface area contributed by atoms with Gasteiger partial charge in [-0.3, -0.25) is 4.98 Å². The highest BCUT2D eigenvalue weighted by Crippen LogP contribution is 1.92. The highest BCUT2D eigenvalue weighted by atomic mass is 16.5. The van der Waals surface area contributed by atoms with Crippen molar-refractivity contribution in [3.63, 3.8) is 0 Å². The van der Waals surface area contributed by atoms with Gasteiger partial charge in [-0.25, -0.2) is 4.79 Å². The van der Waals surface area contributed by atoms with Gasteiger partial charge in [0, 0.05) is 13.3 Å². The van der Waals surface area contributed by atoms with Crippen molar-refractivity contribution in [2.24, 2.45) is 0 Å². The van der Waals surface area contributed by atoms with E-state index in [1.807, 2.05) is 0 Å². The van der Waals surface area contributed by atoms with Gasteiger partial charge in [0.2, 0.25) is 0 Å². The van der Waals surface area contributed by atoms with Gasteiger partial charge in [0.1, 0.15) is 6.61 Å². The molecule has 0 saturated carbocycles. The Balaban J connectivity index is 2.73. The highest BCUT2D eigenvalue weighted by molar-refractivity contribution is 4.84. The zero-order valence-electron chi connectivity index (χ0n) is 5.01. The predicted molar refractivity (Wildman–Crippen MR) is 30.0 cm³/mol. The van der Waals surface area contributed by atoms with Crippen LogP contribution in [0.1, 0.15) is 5.76 Å². The van der Waals surface area contributed by atoms with Gasteiger partial charge in [-0.2, -0.15) is 0 Å². The van der Waals surface area contributed by atoms with Crippen molar-refractivity contribution in [2.75, 3.05) is 7.11 Å². The zero-order valence-corrected chi connectivity index (χ0v) is 5.01. The minimum Gasteiger partial charge on any atom is -0.411 e. The summed E-state index contributed by atoms with van der Waals surface area (Å²) in [7, 11) is 1.53. The Morgan fingerprint density at radius 3 is 3.11 bits per heavy atom. The van der Waals surface area contributed by atoms with Gasteiger partial charge < -0.3 is 9.15 Å². The molecule has 4 heteroatoms. The molecule has 0 bridgehead atoms. The summed E-state index contributed by atoms with van der Waals surface area (Å²) < 4.78 is 9.28. The summed E-state index contributed by atoms with van der Waals surface area (Å²) in [6.45, 7) is 0.332. The number of oxazole rings is 1. The van der Waals surface area contributed by atoms with Crippen molar-refractivity contribution in [3.05, 3.63) is 22.5 Å². The highest BCUT2D eigenvalue weighted by Gasteiger charge is 1.94. The SMILES string of the molecule is COCc1c[nH]c(=O)o1. The van der Waals surface area contributed by atoms with Crippen LogP contribution in [0.5, 0.6) is 0 Å². The van der Waals surface area contributed by atoms with E-state index in [2.05, 4.69) is 14.1 Å². The number of rotatable bonds is 2. The van der Waals surface area contributed by atoms with Crippen LogP contribution >= 0.6 is 0 Å². The monoisotopic (exact) mass is 129 g/mol. The lowest BCUT2D eigenvalue weighted by atomic mass is 10.6. The Kier molecular flexibility index (Phi) is 1.69. The summed E-state index contributed by atoms with van der Waals surface area (Å²) in [5.41, 5.74) is 0. The molecule has 1 heterocycles.